The highest BCUT2D eigenvalue weighted by Gasteiger charge is 1.99. The predicted octanol–water partition coefficient (Wildman–Crippen LogP) is 2.30. The van der Waals surface area contributed by atoms with Crippen molar-refractivity contribution in [3.63, 3.8) is 0 Å². The number of ether oxygens (including phenoxy) is 1. The molecule has 0 fully saturated rings. The van der Waals surface area contributed by atoms with Gasteiger partial charge in [0.2, 0.25) is 0 Å². The second-order valence-electron chi connectivity index (χ2n) is 3.61. The van der Waals surface area contributed by atoms with E-state index in [4.69, 9.17) is 15.7 Å². The number of hydrogen-bond donors (Lipinski definition) is 2. The molecule has 1 rings (SSSR count). The third-order valence-electron chi connectivity index (χ3n) is 2.30. The van der Waals surface area contributed by atoms with Crippen molar-refractivity contribution in [2.24, 2.45) is 10.9 Å². The highest BCUT2D eigenvalue weighted by molar-refractivity contribution is 5.97. The first-order valence-electron chi connectivity index (χ1n) is 5.54. The van der Waals surface area contributed by atoms with Crippen molar-refractivity contribution in [2.45, 2.75) is 19.3 Å². The number of benzene rings is 1. The number of halogens is 1. The van der Waals surface area contributed by atoms with Crippen LogP contribution >= 0.6 is 0 Å². The summed E-state index contributed by atoms with van der Waals surface area (Å²) in [5, 5.41) is 11.4. The van der Waals surface area contributed by atoms with Crippen LogP contribution in [0.3, 0.4) is 0 Å². The van der Waals surface area contributed by atoms with Gasteiger partial charge in [0.15, 0.2) is 5.84 Å². The van der Waals surface area contributed by atoms with E-state index in [1.54, 1.807) is 24.3 Å². The number of oxime groups is 1. The molecule has 3 N–H and O–H groups in total. The first kappa shape index (κ1) is 13.3. The molecule has 0 heterocycles. The SMILES string of the molecule is N/C(=N/O)c1ccc(OCCCCCF)cc1. The van der Waals surface area contributed by atoms with Crippen molar-refractivity contribution in [1.29, 1.82) is 0 Å². The van der Waals surface area contributed by atoms with Crippen LogP contribution < -0.4 is 10.5 Å². The number of alkyl halides is 1. The maximum Gasteiger partial charge on any atom is 0.170 e. The van der Waals surface area contributed by atoms with Crippen molar-refractivity contribution in [3.8, 4) is 5.75 Å². The average Bonchev–Trinajstić information content (AvgIpc) is 2.38. The molecule has 0 atom stereocenters. The molecule has 4 nitrogen and oxygen atoms in total. The summed E-state index contributed by atoms with van der Waals surface area (Å²) in [5.41, 5.74) is 6.06. The van der Waals surface area contributed by atoms with Crippen LogP contribution in [0, 0.1) is 0 Å². The van der Waals surface area contributed by atoms with E-state index in [2.05, 4.69) is 5.16 Å². The molecule has 0 aromatic heterocycles. The van der Waals surface area contributed by atoms with Crippen LogP contribution in [0.1, 0.15) is 24.8 Å². The first-order valence-corrected chi connectivity index (χ1v) is 5.54. The fourth-order valence-corrected chi connectivity index (χ4v) is 1.34. The topological polar surface area (TPSA) is 67.8 Å². The zero-order valence-electron chi connectivity index (χ0n) is 9.60. The molecular weight excluding hydrogens is 223 g/mol. The quantitative estimate of drug-likeness (QED) is 0.252. The van der Waals surface area contributed by atoms with Crippen molar-refractivity contribution in [1.82, 2.24) is 0 Å². The first-order chi connectivity index (χ1) is 8.27. The molecule has 1 aromatic carbocycles. The minimum absolute atomic E-state index is 0.0690. The lowest BCUT2D eigenvalue weighted by Gasteiger charge is -2.06. The van der Waals surface area contributed by atoms with Gasteiger partial charge in [-0.3, -0.25) is 4.39 Å². The molecule has 0 amide bonds. The van der Waals surface area contributed by atoms with Gasteiger partial charge in [-0.2, -0.15) is 0 Å². The smallest absolute Gasteiger partial charge is 0.170 e. The van der Waals surface area contributed by atoms with Gasteiger partial charge in [0.1, 0.15) is 5.75 Å². The average molecular weight is 240 g/mol. The van der Waals surface area contributed by atoms with Crippen LogP contribution in [-0.2, 0) is 0 Å². The third-order valence-corrected chi connectivity index (χ3v) is 2.30. The fraction of sp³-hybridized carbons (Fsp3) is 0.417. The van der Waals surface area contributed by atoms with Crippen LogP contribution in [-0.4, -0.2) is 24.3 Å². The Morgan fingerprint density at radius 3 is 2.53 bits per heavy atom. The third kappa shape index (κ3) is 4.72. The molecule has 0 spiro atoms. The van der Waals surface area contributed by atoms with Gasteiger partial charge in [0, 0.05) is 5.56 Å². The number of amidine groups is 1. The molecule has 1 aromatic rings. The summed E-state index contributed by atoms with van der Waals surface area (Å²) >= 11 is 0. The second kappa shape index (κ2) is 7.49. The Hall–Kier alpha value is -1.78. The van der Waals surface area contributed by atoms with Gasteiger partial charge >= 0.3 is 0 Å². The van der Waals surface area contributed by atoms with Crippen LogP contribution in [0.25, 0.3) is 0 Å². The van der Waals surface area contributed by atoms with Gasteiger partial charge in [-0.15, -0.1) is 0 Å². The molecule has 94 valence electrons. The molecule has 0 unspecified atom stereocenters. The van der Waals surface area contributed by atoms with Crippen LogP contribution in [0.5, 0.6) is 5.75 Å². The molecule has 17 heavy (non-hydrogen) atoms. The summed E-state index contributed by atoms with van der Waals surface area (Å²) in [4.78, 5) is 0. The van der Waals surface area contributed by atoms with Gasteiger partial charge in [-0.05, 0) is 43.5 Å². The van der Waals surface area contributed by atoms with Crippen LogP contribution in [0.4, 0.5) is 4.39 Å². The number of hydrogen-bond acceptors (Lipinski definition) is 3. The summed E-state index contributed by atoms with van der Waals surface area (Å²) in [5.74, 6) is 0.791. The summed E-state index contributed by atoms with van der Waals surface area (Å²) in [6.07, 6.45) is 2.26. The Balaban J connectivity index is 2.35. The summed E-state index contributed by atoms with van der Waals surface area (Å²) < 4.78 is 17.3. The van der Waals surface area contributed by atoms with Crippen molar-refractivity contribution >= 4 is 5.84 Å². The normalized spacial score (nSPS) is 11.5. The summed E-state index contributed by atoms with van der Waals surface area (Å²) in [6, 6.07) is 6.93. The van der Waals surface area contributed by atoms with Crippen LogP contribution in [0.2, 0.25) is 0 Å². The maximum atomic E-state index is 11.8. The minimum atomic E-state index is -0.269. The molecule has 0 bridgehead atoms. The summed E-state index contributed by atoms with van der Waals surface area (Å²) in [6.45, 7) is 0.303. The molecule has 0 aliphatic rings. The van der Waals surface area contributed by atoms with Gasteiger partial charge in [-0.1, -0.05) is 5.16 Å². The lowest BCUT2D eigenvalue weighted by molar-refractivity contribution is 0.301. The van der Waals surface area contributed by atoms with E-state index in [1.807, 2.05) is 0 Å². The number of rotatable bonds is 7. The molecule has 0 aliphatic carbocycles. The van der Waals surface area contributed by atoms with Crippen molar-refractivity contribution in [3.05, 3.63) is 29.8 Å². The van der Waals surface area contributed by atoms with Gasteiger partial charge in [0.05, 0.1) is 13.3 Å². The van der Waals surface area contributed by atoms with Gasteiger partial charge in [0.25, 0.3) is 0 Å². The molecule has 0 saturated carbocycles. The molecule has 0 saturated heterocycles. The van der Waals surface area contributed by atoms with E-state index in [-0.39, 0.29) is 12.5 Å². The predicted molar refractivity (Wildman–Crippen MR) is 64.3 cm³/mol. The Kier molecular flexibility index (Phi) is 5.85. The zero-order valence-corrected chi connectivity index (χ0v) is 9.60. The number of unbranched alkanes of at least 4 members (excludes halogenated alkanes) is 2. The van der Waals surface area contributed by atoms with Crippen molar-refractivity contribution in [2.75, 3.05) is 13.3 Å². The van der Waals surface area contributed by atoms with E-state index in [9.17, 15) is 4.39 Å². The minimum Gasteiger partial charge on any atom is -0.494 e. The Morgan fingerprint density at radius 1 is 1.24 bits per heavy atom. The van der Waals surface area contributed by atoms with Gasteiger partial charge in [-0.25, -0.2) is 0 Å². The second-order valence-corrected chi connectivity index (χ2v) is 3.61. The van der Waals surface area contributed by atoms with E-state index in [0.717, 1.165) is 18.6 Å². The van der Waals surface area contributed by atoms with Crippen LogP contribution in [0.15, 0.2) is 29.4 Å². The highest BCUT2D eigenvalue weighted by atomic mass is 19.1. The summed E-state index contributed by atoms with van der Waals surface area (Å²) in [7, 11) is 0. The Labute approximate surface area is 99.9 Å². The largest absolute Gasteiger partial charge is 0.494 e. The number of nitrogens with two attached hydrogens (primary N) is 1. The molecular formula is C12H17FN2O2. The van der Waals surface area contributed by atoms with E-state index < -0.39 is 0 Å². The maximum absolute atomic E-state index is 11.8. The Bertz CT molecular complexity index is 352. The molecule has 0 aliphatic heterocycles. The number of nitrogens with zero attached hydrogens (tertiary/aromatic N) is 1. The zero-order chi connectivity index (χ0) is 12.5. The molecule has 0 radical (unpaired) electrons. The lowest BCUT2D eigenvalue weighted by atomic mass is 10.2. The van der Waals surface area contributed by atoms with Crippen molar-refractivity contribution < 1.29 is 14.3 Å². The van der Waals surface area contributed by atoms with E-state index in [0.29, 0.717) is 18.6 Å². The fourth-order valence-electron chi connectivity index (χ4n) is 1.34. The monoisotopic (exact) mass is 240 g/mol. The Morgan fingerprint density at radius 2 is 1.94 bits per heavy atom. The van der Waals surface area contributed by atoms with E-state index >= 15 is 0 Å². The standard InChI is InChI=1S/C12H17FN2O2/c13-8-2-1-3-9-17-11-6-4-10(5-7-11)12(14)15-16/h4-7,16H,1-3,8-9H2,(H2,14,15). The van der Waals surface area contributed by atoms with Gasteiger partial charge < -0.3 is 15.7 Å². The highest BCUT2D eigenvalue weighted by Crippen LogP contribution is 2.12. The molecule has 5 heteroatoms. The lowest BCUT2D eigenvalue weighted by Crippen LogP contribution is -2.12. The van der Waals surface area contributed by atoms with E-state index in [1.165, 1.54) is 0 Å².